The first kappa shape index (κ1) is 12.3. The number of thiocarbonyl (C=S) groups is 1. The molecule has 1 atom stereocenters. The first-order valence-electron chi connectivity index (χ1n) is 4.21. The highest BCUT2D eigenvalue weighted by Crippen LogP contribution is 2.00. The number of nitrogens with zero attached hydrogens (tertiary/aromatic N) is 1. The molecule has 76 valence electrons. The van der Waals surface area contributed by atoms with Crippen LogP contribution in [0.3, 0.4) is 0 Å². The number of rotatable bonds is 5. The summed E-state index contributed by atoms with van der Waals surface area (Å²) < 4.78 is 0. The Balaban J connectivity index is 3.89. The molecule has 0 aliphatic carbocycles. The fourth-order valence-corrected chi connectivity index (χ4v) is 1.09. The number of likely N-dealkylation sites (N-methyl/N-ethyl adjacent to an activating group) is 1. The molecule has 0 radical (unpaired) electrons. The molecule has 0 fully saturated rings. The molecule has 0 bridgehead atoms. The van der Waals surface area contributed by atoms with Gasteiger partial charge in [-0.3, -0.25) is 4.79 Å². The van der Waals surface area contributed by atoms with E-state index in [9.17, 15) is 4.79 Å². The molecule has 0 aliphatic rings. The smallest absolute Gasteiger partial charge is 0.303 e. The maximum Gasteiger partial charge on any atom is 0.303 e. The molecule has 0 amide bonds. The molecule has 3 N–H and O–H groups in total. The van der Waals surface area contributed by atoms with Crippen molar-refractivity contribution in [2.45, 2.75) is 25.8 Å². The van der Waals surface area contributed by atoms with E-state index in [1.165, 1.54) is 0 Å². The molecule has 0 aliphatic heterocycles. The Hall–Kier alpha value is -0.680. The van der Waals surface area contributed by atoms with Crippen LogP contribution in [-0.4, -0.2) is 40.6 Å². The molecule has 4 nitrogen and oxygen atoms in total. The topological polar surface area (TPSA) is 66.6 Å². The fraction of sp³-hybridized carbons (Fsp3) is 0.750. The van der Waals surface area contributed by atoms with Crippen LogP contribution in [0, 0.1) is 0 Å². The zero-order valence-corrected chi connectivity index (χ0v) is 8.80. The van der Waals surface area contributed by atoms with Gasteiger partial charge < -0.3 is 15.7 Å². The number of carbonyl (C=O) groups is 1. The normalized spacial score (nSPS) is 12.2. The van der Waals surface area contributed by atoms with Crippen LogP contribution < -0.4 is 5.73 Å². The third kappa shape index (κ3) is 4.80. The monoisotopic (exact) mass is 204 g/mol. The highest BCUT2D eigenvalue weighted by atomic mass is 32.1. The second-order valence-corrected chi connectivity index (χ2v) is 3.31. The van der Waals surface area contributed by atoms with Gasteiger partial charge in [0, 0.05) is 20.0 Å². The molecule has 0 spiro atoms. The molecule has 0 aromatic rings. The molecule has 0 saturated carbocycles. The SMILES string of the molecule is CCN(C)C(=S)[C@@H](N)CCC(=O)O. The van der Waals surface area contributed by atoms with E-state index in [0.717, 1.165) is 6.54 Å². The predicted molar refractivity (Wildman–Crippen MR) is 55.7 cm³/mol. The summed E-state index contributed by atoms with van der Waals surface area (Å²) in [7, 11) is 1.85. The van der Waals surface area contributed by atoms with Gasteiger partial charge in [0.05, 0.1) is 11.0 Å². The Morgan fingerprint density at radius 2 is 2.23 bits per heavy atom. The summed E-state index contributed by atoms with van der Waals surface area (Å²) in [4.78, 5) is 12.7. The Morgan fingerprint density at radius 1 is 1.69 bits per heavy atom. The summed E-state index contributed by atoms with van der Waals surface area (Å²) in [5, 5.41) is 8.43. The molecule has 0 saturated heterocycles. The van der Waals surface area contributed by atoms with E-state index in [-0.39, 0.29) is 12.5 Å². The Bertz CT molecular complexity index is 197. The van der Waals surface area contributed by atoms with E-state index < -0.39 is 5.97 Å². The molecule has 0 aromatic carbocycles. The Labute approximate surface area is 83.7 Å². The molecular formula is C8H16N2O2S. The first-order chi connectivity index (χ1) is 5.99. The van der Waals surface area contributed by atoms with Crippen molar-refractivity contribution >= 4 is 23.2 Å². The minimum absolute atomic E-state index is 0.0683. The van der Waals surface area contributed by atoms with Gasteiger partial charge in [-0.25, -0.2) is 0 Å². The molecule has 0 heterocycles. The second-order valence-electron chi connectivity index (χ2n) is 2.89. The van der Waals surface area contributed by atoms with Gasteiger partial charge in [-0.15, -0.1) is 0 Å². The van der Waals surface area contributed by atoms with Crippen LogP contribution in [0.25, 0.3) is 0 Å². The summed E-state index contributed by atoms with van der Waals surface area (Å²) in [5.41, 5.74) is 5.70. The molecule has 0 unspecified atom stereocenters. The molecule has 0 aromatic heterocycles. The van der Waals surface area contributed by atoms with Gasteiger partial charge in [0.2, 0.25) is 0 Å². The molecular weight excluding hydrogens is 188 g/mol. The summed E-state index contributed by atoms with van der Waals surface area (Å²) >= 11 is 5.06. The van der Waals surface area contributed by atoms with Gasteiger partial charge in [0.25, 0.3) is 0 Å². The van der Waals surface area contributed by atoms with Crippen LogP contribution in [-0.2, 0) is 4.79 Å². The number of aliphatic carboxylic acids is 1. The second kappa shape index (κ2) is 5.88. The summed E-state index contributed by atoms with van der Waals surface area (Å²) in [6, 6.07) is -0.323. The average Bonchev–Trinajstić information content (AvgIpc) is 2.11. The lowest BCUT2D eigenvalue weighted by Crippen LogP contribution is -2.40. The van der Waals surface area contributed by atoms with Gasteiger partial charge in [0.15, 0.2) is 0 Å². The maximum absolute atomic E-state index is 10.3. The summed E-state index contributed by atoms with van der Waals surface area (Å²) in [6.07, 6.45) is 0.470. The molecule has 5 heteroatoms. The lowest BCUT2D eigenvalue weighted by molar-refractivity contribution is -0.137. The van der Waals surface area contributed by atoms with Crippen molar-refractivity contribution in [2.24, 2.45) is 5.73 Å². The van der Waals surface area contributed by atoms with Crippen molar-refractivity contribution in [1.29, 1.82) is 0 Å². The van der Waals surface area contributed by atoms with Gasteiger partial charge in [0.1, 0.15) is 0 Å². The summed E-state index contributed by atoms with van der Waals surface area (Å²) in [5.74, 6) is -0.836. The van der Waals surface area contributed by atoms with Crippen molar-refractivity contribution in [3.05, 3.63) is 0 Å². The number of carboxylic acids is 1. The van der Waals surface area contributed by atoms with Crippen LogP contribution in [0.1, 0.15) is 19.8 Å². The fourth-order valence-electron chi connectivity index (χ4n) is 0.841. The lowest BCUT2D eigenvalue weighted by Gasteiger charge is -2.22. The first-order valence-corrected chi connectivity index (χ1v) is 4.62. The number of hydrogen-bond donors (Lipinski definition) is 2. The third-order valence-corrected chi connectivity index (χ3v) is 2.45. The van der Waals surface area contributed by atoms with Gasteiger partial charge >= 0.3 is 5.97 Å². The van der Waals surface area contributed by atoms with Gasteiger partial charge in [-0.05, 0) is 13.3 Å². The van der Waals surface area contributed by atoms with Crippen LogP contribution in [0.4, 0.5) is 0 Å². The van der Waals surface area contributed by atoms with Crippen LogP contribution in [0.15, 0.2) is 0 Å². The highest BCUT2D eigenvalue weighted by molar-refractivity contribution is 7.80. The number of nitrogens with two attached hydrogens (primary N) is 1. The maximum atomic E-state index is 10.3. The van der Waals surface area contributed by atoms with Crippen molar-refractivity contribution < 1.29 is 9.90 Å². The van der Waals surface area contributed by atoms with Crippen LogP contribution >= 0.6 is 12.2 Å². The Kier molecular flexibility index (Phi) is 5.57. The standard InChI is InChI=1S/C8H16N2O2S/c1-3-10(2)8(13)6(9)4-5-7(11)12/h6H,3-5,9H2,1-2H3,(H,11,12)/t6-/m0/s1. The zero-order chi connectivity index (χ0) is 10.4. The largest absolute Gasteiger partial charge is 0.481 e. The van der Waals surface area contributed by atoms with Crippen molar-refractivity contribution in [3.63, 3.8) is 0 Å². The van der Waals surface area contributed by atoms with E-state index in [2.05, 4.69) is 0 Å². The molecule has 0 rings (SSSR count). The quantitative estimate of drug-likeness (QED) is 0.637. The number of hydrogen-bond acceptors (Lipinski definition) is 3. The van der Waals surface area contributed by atoms with E-state index >= 15 is 0 Å². The minimum Gasteiger partial charge on any atom is -0.481 e. The average molecular weight is 204 g/mol. The van der Waals surface area contributed by atoms with Gasteiger partial charge in [-0.1, -0.05) is 12.2 Å². The minimum atomic E-state index is -0.836. The lowest BCUT2D eigenvalue weighted by atomic mass is 10.1. The van der Waals surface area contributed by atoms with Crippen molar-refractivity contribution in [1.82, 2.24) is 4.90 Å². The van der Waals surface area contributed by atoms with E-state index in [1.54, 1.807) is 0 Å². The molecule has 13 heavy (non-hydrogen) atoms. The van der Waals surface area contributed by atoms with E-state index in [0.29, 0.717) is 11.4 Å². The van der Waals surface area contributed by atoms with Crippen molar-refractivity contribution in [3.8, 4) is 0 Å². The van der Waals surface area contributed by atoms with E-state index in [4.69, 9.17) is 23.1 Å². The van der Waals surface area contributed by atoms with E-state index in [1.807, 2.05) is 18.9 Å². The number of carboxylic acid groups (broad SMARTS) is 1. The Morgan fingerprint density at radius 3 is 2.62 bits per heavy atom. The van der Waals surface area contributed by atoms with Crippen LogP contribution in [0.5, 0.6) is 0 Å². The van der Waals surface area contributed by atoms with Gasteiger partial charge in [-0.2, -0.15) is 0 Å². The third-order valence-electron chi connectivity index (χ3n) is 1.84. The zero-order valence-electron chi connectivity index (χ0n) is 7.99. The summed E-state index contributed by atoms with van der Waals surface area (Å²) in [6.45, 7) is 2.76. The highest BCUT2D eigenvalue weighted by Gasteiger charge is 2.13. The van der Waals surface area contributed by atoms with Crippen molar-refractivity contribution in [2.75, 3.05) is 13.6 Å². The predicted octanol–water partition coefficient (Wildman–Crippen LogP) is 0.458. The van der Waals surface area contributed by atoms with Crippen LogP contribution in [0.2, 0.25) is 0 Å².